The van der Waals surface area contributed by atoms with Crippen LogP contribution in [0.2, 0.25) is 0 Å². The number of aliphatic hydroxyl groups excluding tert-OH is 1. The van der Waals surface area contributed by atoms with Gasteiger partial charge in [0, 0.05) is 12.8 Å². The molecular formula is C44H76O13P2. The third-order valence-electron chi connectivity index (χ3n) is 8.57. The first-order valence-electron chi connectivity index (χ1n) is 21.6. The van der Waals surface area contributed by atoms with Crippen LogP contribution in [0.25, 0.3) is 0 Å². The average molecular weight is 875 g/mol. The molecule has 13 nitrogen and oxygen atoms in total. The van der Waals surface area contributed by atoms with Gasteiger partial charge in [0.25, 0.3) is 0 Å². The number of unbranched alkanes of at least 4 members (excludes halogenated alkanes) is 12. The fourth-order valence-corrected chi connectivity index (χ4v) is 6.42. The van der Waals surface area contributed by atoms with Crippen LogP contribution in [0.5, 0.6) is 0 Å². The molecule has 0 radical (unpaired) electrons. The largest absolute Gasteiger partial charge is 0.472 e. The Morgan fingerprint density at radius 2 is 0.915 bits per heavy atom. The van der Waals surface area contributed by atoms with E-state index in [0.717, 1.165) is 64.2 Å². The Morgan fingerprint density at radius 1 is 0.492 bits per heavy atom. The van der Waals surface area contributed by atoms with Crippen molar-refractivity contribution in [2.24, 2.45) is 0 Å². The minimum atomic E-state index is -4.87. The van der Waals surface area contributed by atoms with Crippen molar-refractivity contribution in [1.82, 2.24) is 0 Å². The highest BCUT2D eigenvalue weighted by molar-refractivity contribution is 7.47. The molecule has 0 aliphatic heterocycles. The van der Waals surface area contributed by atoms with Gasteiger partial charge in [0.15, 0.2) is 6.10 Å². The van der Waals surface area contributed by atoms with E-state index in [0.29, 0.717) is 19.3 Å². The maximum absolute atomic E-state index is 12.6. The summed E-state index contributed by atoms with van der Waals surface area (Å²) in [5.41, 5.74) is 0. The summed E-state index contributed by atoms with van der Waals surface area (Å²) in [6.07, 6.45) is 43.4. The van der Waals surface area contributed by atoms with E-state index in [4.69, 9.17) is 23.8 Å². The summed E-state index contributed by atoms with van der Waals surface area (Å²) in [7, 11) is -9.70. The third-order valence-corrected chi connectivity index (χ3v) is 10.0. The average Bonchev–Trinajstić information content (AvgIpc) is 3.19. The van der Waals surface area contributed by atoms with Gasteiger partial charge in [-0.1, -0.05) is 138 Å². The van der Waals surface area contributed by atoms with Gasteiger partial charge in [-0.15, -0.1) is 0 Å². The minimum absolute atomic E-state index is 0.00334. The number of hydrogen-bond donors (Lipinski definition) is 4. The Labute approximate surface area is 354 Å². The Balaban J connectivity index is 4.67. The Kier molecular flexibility index (Phi) is 38.0. The van der Waals surface area contributed by atoms with Crippen molar-refractivity contribution in [2.45, 2.75) is 167 Å². The first-order chi connectivity index (χ1) is 28.4. The summed E-state index contributed by atoms with van der Waals surface area (Å²) in [6.45, 7) is 1.61. The molecule has 4 N–H and O–H groups in total. The van der Waals surface area contributed by atoms with E-state index in [-0.39, 0.29) is 12.8 Å². The summed E-state index contributed by atoms with van der Waals surface area (Å²) in [5.74, 6) is -1.14. The van der Waals surface area contributed by atoms with Gasteiger partial charge in [0.2, 0.25) is 0 Å². The highest BCUT2D eigenvalue weighted by Gasteiger charge is 2.28. The van der Waals surface area contributed by atoms with Crippen molar-refractivity contribution in [3.63, 3.8) is 0 Å². The molecule has 59 heavy (non-hydrogen) atoms. The predicted molar refractivity (Wildman–Crippen MR) is 234 cm³/mol. The van der Waals surface area contributed by atoms with Crippen LogP contribution in [-0.4, -0.2) is 70.4 Å². The predicted octanol–water partition coefficient (Wildman–Crippen LogP) is 11.0. The molecule has 0 aliphatic carbocycles. The summed E-state index contributed by atoms with van der Waals surface area (Å²) in [5, 5.41) is 9.74. The molecule has 0 aromatic carbocycles. The molecular weight excluding hydrogens is 798 g/mol. The van der Waals surface area contributed by atoms with Crippen molar-refractivity contribution >= 4 is 27.6 Å². The SMILES string of the molecule is CCCCC/C=C\C/C=C\C/C=C\C/C=C\C/C=C\CCC(=O)O[C@H](COC(=O)CCCCCCC/C=C\CCCCCC)COP(=O)(O)OC[C@@H](O)COP(=O)(O)O. The lowest BCUT2D eigenvalue weighted by atomic mass is 10.1. The molecule has 15 heteroatoms. The van der Waals surface area contributed by atoms with Crippen LogP contribution in [0.15, 0.2) is 72.9 Å². The van der Waals surface area contributed by atoms with E-state index in [1.807, 2.05) is 18.2 Å². The monoisotopic (exact) mass is 874 g/mol. The molecule has 0 saturated carbocycles. The molecule has 0 bridgehead atoms. The maximum atomic E-state index is 12.6. The second-order valence-corrected chi connectivity index (χ2v) is 16.9. The smallest absolute Gasteiger partial charge is 0.462 e. The second kappa shape index (κ2) is 39.7. The highest BCUT2D eigenvalue weighted by atomic mass is 31.2. The second-order valence-electron chi connectivity index (χ2n) is 14.3. The number of esters is 2. The van der Waals surface area contributed by atoms with Crippen LogP contribution >= 0.6 is 15.6 Å². The number of phosphoric acid groups is 2. The first-order valence-corrected chi connectivity index (χ1v) is 24.7. The minimum Gasteiger partial charge on any atom is -0.462 e. The number of ether oxygens (including phenoxy) is 2. The van der Waals surface area contributed by atoms with E-state index >= 15 is 0 Å². The standard InChI is InChI=1S/C44H76O13P2/c1-3-5-7-9-11-13-15-17-18-19-20-21-22-24-26-28-30-32-34-36-44(47)57-42(40-56-59(51,52)55-38-41(45)37-54-58(48,49)50)39-53-43(46)35-33-31-29-27-25-23-16-14-12-10-8-6-4-2/h11,13-14,16-18,20-21,24,26,30,32,41-42,45H,3-10,12,15,19,22-23,25,27-29,31,33-40H2,1-2H3,(H,51,52)(H2,48,49,50)/b13-11-,16-14-,18-17-,21-20-,26-24-,32-30-/t41-,42+/m0/s1. The molecule has 0 saturated heterocycles. The number of hydrogen-bond acceptors (Lipinski definition) is 10. The number of aliphatic hydroxyl groups is 1. The van der Waals surface area contributed by atoms with Gasteiger partial charge >= 0.3 is 27.6 Å². The molecule has 0 aromatic rings. The van der Waals surface area contributed by atoms with Crippen molar-refractivity contribution in [3.8, 4) is 0 Å². The van der Waals surface area contributed by atoms with Gasteiger partial charge in [-0.3, -0.25) is 23.2 Å². The van der Waals surface area contributed by atoms with Gasteiger partial charge in [-0.05, 0) is 77.0 Å². The summed E-state index contributed by atoms with van der Waals surface area (Å²) < 4.78 is 47.6. The molecule has 0 rings (SSSR count). The maximum Gasteiger partial charge on any atom is 0.472 e. The van der Waals surface area contributed by atoms with Crippen LogP contribution < -0.4 is 0 Å². The lowest BCUT2D eigenvalue weighted by Gasteiger charge is -2.20. The number of carbonyl (C=O) groups is 2. The Hall–Kier alpha value is -2.44. The Morgan fingerprint density at radius 3 is 1.47 bits per heavy atom. The van der Waals surface area contributed by atoms with Crippen LogP contribution in [-0.2, 0) is 41.8 Å². The quantitative estimate of drug-likeness (QED) is 0.0197. The molecule has 0 aromatic heterocycles. The normalized spacial score (nSPS) is 14.7. The van der Waals surface area contributed by atoms with E-state index in [1.165, 1.54) is 44.9 Å². The van der Waals surface area contributed by atoms with E-state index < -0.39 is 66.2 Å². The fourth-order valence-electron chi connectivity index (χ4n) is 5.26. The number of allylic oxidation sites excluding steroid dienone is 12. The molecule has 0 aliphatic rings. The van der Waals surface area contributed by atoms with Gasteiger partial charge in [-0.25, -0.2) is 9.13 Å². The van der Waals surface area contributed by atoms with Crippen LogP contribution in [0, 0.1) is 0 Å². The number of carbonyl (C=O) groups excluding carboxylic acids is 2. The fraction of sp³-hybridized carbons (Fsp3) is 0.682. The van der Waals surface area contributed by atoms with Crippen molar-refractivity contribution < 1.29 is 61.6 Å². The molecule has 3 atom stereocenters. The summed E-state index contributed by atoms with van der Waals surface area (Å²) in [6, 6.07) is 0. The number of phosphoric ester groups is 2. The number of rotatable bonds is 40. The van der Waals surface area contributed by atoms with E-state index in [9.17, 15) is 28.7 Å². The van der Waals surface area contributed by atoms with Crippen LogP contribution in [0.3, 0.4) is 0 Å². The van der Waals surface area contributed by atoms with Crippen molar-refractivity contribution in [2.75, 3.05) is 26.4 Å². The topological polar surface area (TPSA) is 195 Å². The van der Waals surface area contributed by atoms with Crippen molar-refractivity contribution in [1.29, 1.82) is 0 Å². The molecule has 0 heterocycles. The van der Waals surface area contributed by atoms with Crippen LogP contribution in [0.4, 0.5) is 0 Å². The lowest BCUT2D eigenvalue weighted by Crippen LogP contribution is -2.29. The van der Waals surface area contributed by atoms with Gasteiger partial charge in [0.1, 0.15) is 12.7 Å². The zero-order chi connectivity index (χ0) is 43.7. The molecule has 1 unspecified atom stereocenters. The third kappa shape index (κ3) is 43.5. The van der Waals surface area contributed by atoms with Gasteiger partial charge < -0.3 is 29.3 Å². The summed E-state index contributed by atoms with van der Waals surface area (Å²) >= 11 is 0. The Bertz CT molecular complexity index is 1320. The molecule has 340 valence electrons. The summed E-state index contributed by atoms with van der Waals surface area (Å²) in [4.78, 5) is 52.6. The first kappa shape index (κ1) is 56.6. The zero-order valence-corrected chi connectivity index (χ0v) is 37.6. The van der Waals surface area contributed by atoms with Crippen molar-refractivity contribution in [3.05, 3.63) is 72.9 Å². The van der Waals surface area contributed by atoms with E-state index in [2.05, 4.69) is 77.6 Å². The highest BCUT2D eigenvalue weighted by Crippen LogP contribution is 2.43. The molecule has 0 amide bonds. The van der Waals surface area contributed by atoms with Gasteiger partial charge in [0.05, 0.1) is 19.8 Å². The van der Waals surface area contributed by atoms with E-state index in [1.54, 1.807) is 0 Å². The molecule has 0 spiro atoms. The van der Waals surface area contributed by atoms with Crippen LogP contribution in [0.1, 0.15) is 155 Å². The van der Waals surface area contributed by atoms with Gasteiger partial charge in [-0.2, -0.15) is 0 Å². The lowest BCUT2D eigenvalue weighted by molar-refractivity contribution is -0.161. The molecule has 0 fully saturated rings. The zero-order valence-electron chi connectivity index (χ0n) is 35.8.